The van der Waals surface area contributed by atoms with Crippen LogP contribution >= 0.6 is 23.1 Å². The van der Waals surface area contributed by atoms with Gasteiger partial charge in [0.05, 0.1) is 16.8 Å². The van der Waals surface area contributed by atoms with E-state index < -0.39 is 0 Å². The molecule has 1 aliphatic rings. The van der Waals surface area contributed by atoms with Gasteiger partial charge in [0.15, 0.2) is 4.34 Å². The maximum atomic E-state index is 12.4. The Balaban J connectivity index is 1.58. The minimum absolute atomic E-state index is 0.103. The number of thioether (sulfide) groups is 1. The molecule has 1 aliphatic heterocycles. The van der Waals surface area contributed by atoms with E-state index in [0.29, 0.717) is 12.2 Å². The second-order valence-corrected chi connectivity index (χ2v) is 7.33. The quantitative estimate of drug-likeness (QED) is 0.725. The fraction of sp³-hybridized carbons (Fsp3) is 0.176. The topological polar surface area (TPSA) is 51.2 Å². The van der Waals surface area contributed by atoms with Gasteiger partial charge in [0.1, 0.15) is 5.75 Å². The van der Waals surface area contributed by atoms with Crippen LogP contribution in [0.1, 0.15) is 15.9 Å². The monoisotopic (exact) mass is 342 g/mol. The second-order valence-electron chi connectivity index (χ2n) is 5.24. The summed E-state index contributed by atoms with van der Waals surface area (Å²) in [6, 6.07) is 11.4. The predicted molar refractivity (Wildman–Crippen MR) is 95.0 cm³/mol. The lowest BCUT2D eigenvalue weighted by Crippen LogP contribution is -2.11. The van der Waals surface area contributed by atoms with E-state index in [1.54, 1.807) is 29.2 Å². The molecule has 2 aromatic carbocycles. The zero-order chi connectivity index (χ0) is 15.8. The van der Waals surface area contributed by atoms with Gasteiger partial charge < -0.3 is 10.1 Å². The minimum atomic E-state index is -0.103. The van der Waals surface area contributed by atoms with Crippen molar-refractivity contribution in [3.63, 3.8) is 0 Å². The fourth-order valence-corrected chi connectivity index (χ4v) is 4.13. The van der Waals surface area contributed by atoms with E-state index in [0.717, 1.165) is 38.0 Å². The molecule has 23 heavy (non-hydrogen) atoms. The van der Waals surface area contributed by atoms with Gasteiger partial charge in [0, 0.05) is 17.7 Å². The molecule has 0 bridgehead atoms. The van der Waals surface area contributed by atoms with Crippen molar-refractivity contribution in [2.45, 2.75) is 10.8 Å². The Kier molecular flexibility index (Phi) is 3.71. The largest absolute Gasteiger partial charge is 0.493 e. The maximum Gasteiger partial charge on any atom is 0.255 e. The van der Waals surface area contributed by atoms with Gasteiger partial charge in [-0.3, -0.25) is 4.79 Å². The molecule has 1 aromatic heterocycles. The molecule has 0 saturated heterocycles. The average molecular weight is 342 g/mol. The van der Waals surface area contributed by atoms with E-state index in [-0.39, 0.29) is 5.91 Å². The van der Waals surface area contributed by atoms with Gasteiger partial charge in [-0.1, -0.05) is 11.8 Å². The summed E-state index contributed by atoms with van der Waals surface area (Å²) < 4.78 is 7.58. The normalized spacial score (nSPS) is 12.9. The Hall–Kier alpha value is -2.05. The first kappa shape index (κ1) is 14.5. The number of nitrogens with one attached hydrogen (secondary N) is 1. The molecule has 1 amide bonds. The number of carbonyl (C=O) groups is 1. The van der Waals surface area contributed by atoms with Gasteiger partial charge in [-0.25, -0.2) is 4.98 Å². The van der Waals surface area contributed by atoms with Crippen LogP contribution in [0.5, 0.6) is 5.75 Å². The maximum absolute atomic E-state index is 12.4. The number of rotatable bonds is 3. The number of hydrogen-bond donors (Lipinski definition) is 1. The van der Waals surface area contributed by atoms with Crippen molar-refractivity contribution in [1.82, 2.24) is 4.98 Å². The zero-order valence-corrected chi connectivity index (χ0v) is 14.1. The Morgan fingerprint density at radius 1 is 1.30 bits per heavy atom. The summed E-state index contributed by atoms with van der Waals surface area (Å²) in [7, 11) is 0. The molecule has 4 nitrogen and oxygen atoms in total. The third-order valence-electron chi connectivity index (χ3n) is 3.75. The van der Waals surface area contributed by atoms with Crippen LogP contribution in [0, 0.1) is 0 Å². The highest BCUT2D eigenvalue weighted by atomic mass is 32.2. The SMILES string of the molecule is CSc1nc2ccc(NC(=O)c3ccc4c(c3)CCO4)cc2s1. The molecular weight excluding hydrogens is 328 g/mol. The van der Waals surface area contributed by atoms with Gasteiger partial charge in [0.25, 0.3) is 5.91 Å². The van der Waals surface area contributed by atoms with Gasteiger partial charge >= 0.3 is 0 Å². The van der Waals surface area contributed by atoms with E-state index in [4.69, 9.17) is 4.74 Å². The summed E-state index contributed by atoms with van der Waals surface area (Å²) in [5, 5.41) is 2.96. The summed E-state index contributed by atoms with van der Waals surface area (Å²) in [4.78, 5) is 16.9. The standard InChI is InChI=1S/C17H14N2O2S2/c1-22-17-19-13-4-3-12(9-15(13)23-17)18-16(20)11-2-5-14-10(8-11)6-7-21-14/h2-5,8-9H,6-7H2,1H3,(H,18,20). The first-order valence-corrected chi connectivity index (χ1v) is 9.29. The summed E-state index contributed by atoms with van der Waals surface area (Å²) >= 11 is 3.27. The number of hydrogen-bond acceptors (Lipinski definition) is 5. The number of anilines is 1. The molecular formula is C17H14N2O2S2. The average Bonchev–Trinajstić information content (AvgIpc) is 3.19. The number of benzene rings is 2. The molecule has 0 saturated carbocycles. The van der Waals surface area contributed by atoms with Gasteiger partial charge in [0.2, 0.25) is 0 Å². The highest BCUT2D eigenvalue weighted by molar-refractivity contribution is 8.00. The van der Waals surface area contributed by atoms with Crippen molar-refractivity contribution in [3.8, 4) is 5.75 Å². The molecule has 0 fully saturated rings. The van der Waals surface area contributed by atoms with Crippen LogP contribution in [0.15, 0.2) is 40.7 Å². The first-order valence-electron chi connectivity index (χ1n) is 7.24. The molecule has 0 spiro atoms. The highest BCUT2D eigenvalue weighted by Crippen LogP contribution is 2.30. The number of carbonyl (C=O) groups excluding carboxylic acids is 1. The van der Waals surface area contributed by atoms with E-state index in [9.17, 15) is 4.79 Å². The van der Waals surface area contributed by atoms with Crippen LogP contribution in [0.3, 0.4) is 0 Å². The Bertz CT molecular complexity index is 905. The number of nitrogens with zero attached hydrogens (tertiary/aromatic N) is 1. The van der Waals surface area contributed by atoms with Crippen molar-refractivity contribution >= 4 is 44.9 Å². The molecule has 0 radical (unpaired) electrons. The van der Waals surface area contributed by atoms with Crippen molar-refractivity contribution in [1.29, 1.82) is 0 Å². The number of fused-ring (bicyclic) bond motifs is 2. The van der Waals surface area contributed by atoms with Crippen molar-refractivity contribution < 1.29 is 9.53 Å². The van der Waals surface area contributed by atoms with Crippen LogP contribution < -0.4 is 10.1 Å². The van der Waals surface area contributed by atoms with E-state index in [1.165, 1.54) is 0 Å². The third-order valence-corrected chi connectivity index (χ3v) is 5.76. The second kappa shape index (κ2) is 5.86. The summed E-state index contributed by atoms with van der Waals surface area (Å²) in [6.45, 7) is 0.695. The van der Waals surface area contributed by atoms with Crippen LogP contribution in [-0.4, -0.2) is 23.8 Å². The third kappa shape index (κ3) is 2.80. The molecule has 0 aliphatic carbocycles. The van der Waals surface area contributed by atoms with Crippen molar-refractivity contribution in [2.24, 2.45) is 0 Å². The van der Waals surface area contributed by atoms with Gasteiger partial charge in [-0.15, -0.1) is 11.3 Å². The molecule has 3 aromatic rings. The number of thiazole rings is 1. The molecule has 1 N–H and O–H groups in total. The molecule has 4 rings (SSSR count). The van der Waals surface area contributed by atoms with Crippen molar-refractivity contribution in [3.05, 3.63) is 47.5 Å². The summed E-state index contributed by atoms with van der Waals surface area (Å²) in [5.41, 5.74) is 3.51. The Morgan fingerprint density at radius 3 is 3.09 bits per heavy atom. The van der Waals surface area contributed by atoms with E-state index in [1.807, 2.05) is 36.6 Å². The van der Waals surface area contributed by atoms with Crippen LogP contribution in [-0.2, 0) is 6.42 Å². The molecule has 116 valence electrons. The molecule has 6 heteroatoms. The summed E-state index contributed by atoms with van der Waals surface area (Å²) in [6.07, 6.45) is 2.87. The lowest BCUT2D eigenvalue weighted by atomic mass is 10.1. The lowest BCUT2D eigenvalue weighted by Gasteiger charge is -2.06. The Labute approximate surface area is 141 Å². The smallest absolute Gasteiger partial charge is 0.255 e. The van der Waals surface area contributed by atoms with Crippen molar-refractivity contribution in [2.75, 3.05) is 18.2 Å². The number of amides is 1. The summed E-state index contributed by atoms with van der Waals surface area (Å²) in [5.74, 6) is 0.783. The zero-order valence-electron chi connectivity index (χ0n) is 12.5. The minimum Gasteiger partial charge on any atom is -0.493 e. The molecule has 2 heterocycles. The van der Waals surface area contributed by atoms with Gasteiger partial charge in [-0.05, 0) is 48.2 Å². The van der Waals surface area contributed by atoms with Crippen LogP contribution in [0.25, 0.3) is 10.2 Å². The Morgan fingerprint density at radius 2 is 2.22 bits per heavy atom. The van der Waals surface area contributed by atoms with E-state index >= 15 is 0 Å². The fourth-order valence-electron chi connectivity index (χ4n) is 2.60. The molecule has 0 atom stereocenters. The lowest BCUT2D eigenvalue weighted by molar-refractivity contribution is 0.102. The predicted octanol–water partition coefficient (Wildman–Crippen LogP) is 4.21. The number of aromatic nitrogens is 1. The van der Waals surface area contributed by atoms with Crippen LogP contribution in [0.2, 0.25) is 0 Å². The van der Waals surface area contributed by atoms with E-state index in [2.05, 4.69) is 10.3 Å². The highest BCUT2D eigenvalue weighted by Gasteiger charge is 2.15. The van der Waals surface area contributed by atoms with Gasteiger partial charge in [-0.2, -0.15) is 0 Å². The molecule has 0 unspecified atom stereocenters. The first-order chi connectivity index (χ1) is 11.2. The number of ether oxygens (including phenoxy) is 1. The van der Waals surface area contributed by atoms with Crippen LogP contribution in [0.4, 0.5) is 5.69 Å².